The zero-order chi connectivity index (χ0) is 7.40. The summed E-state index contributed by atoms with van der Waals surface area (Å²) in [7, 11) is 0. The molecule has 0 radical (unpaired) electrons. The summed E-state index contributed by atoms with van der Waals surface area (Å²) in [6.07, 6.45) is 3.09. The highest BCUT2D eigenvalue weighted by atomic mass is 16.5. The summed E-state index contributed by atoms with van der Waals surface area (Å²) in [6.45, 7) is -0.182. The molecule has 1 aliphatic carbocycles. The van der Waals surface area contributed by atoms with Crippen LogP contribution in [0, 0.1) is 5.92 Å². The molecule has 0 heterocycles. The number of isocyanates is 1. The Balaban J connectivity index is 2.11. The van der Waals surface area contributed by atoms with E-state index in [1.54, 1.807) is 0 Å². The molecule has 0 bridgehead atoms. The van der Waals surface area contributed by atoms with Gasteiger partial charge in [0, 0.05) is 0 Å². The van der Waals surface area contributed by atoms with Gasteiger partial charge in [-0.05, 0) is 12.8 Å². The van der Waals surface area contributed by atoms with E-state index in [1.165, 1.54) is 6.08 Å². The van der Waals surface area contributed by atoms with Crippen molar-refractivity contribution in [2.75, 3.05) is 6.73 Å². The monoisotopic (exact) mass is 141 g/mol. The van der Waals surface area contributed by atoms with Crippen molar-refractivity contribution in [3.05, 3.63) is 0 Å². The molecule has 1 saturated carbocycles. The van der Waals surface area contributed by atoms with Crippen LogP contribution in [0.25, 0.3) is 0 Å². The molecule has 0 aromatic rings. The van der Waals surface area contributed by atoms with Crippen molar-refractivity contribution in [2.45, 2.75) is 12.8 Å². The number of esters is 1. The lowest BCUT2D eigenvalue weighted by molar-refractivity contribution is -0.144. The topological polar surface area (TPSA) is 55.7 Å². The Morgan fingerprint density at radius 1 is 1.70 bits per heavy atom. The molecule has 0 N–H and O–H groups in total. The molecule has 0 amide bonds. The van der Waals surface area contributed by atoms with E-state index < -0.39 is 0 Å². The summed E-state index contributed by atoms with van der Waals surface area (Å²) in [6, 6.07) is 0. The number of carbonyl (C=O) groups is 1. The summed E-state index contributed by atoms with van der Waals surface area (Å²) in [4.78, 5) is 23.2. The first-order chi connectivity index (χ1) is 4.84. The quantitative estimate of drug-likeness (QED) is 0.321. The molecule has 4 heteroatoms. The van der Waals surface area contributed by atoms with E-state index in [1.807, 2.05) is 0 Å². The first-order valence-electron chi connectivity index (χ1n) is 3.05. The summed E-state index contributed by atoms with van der Waals surface area (Å²) >= 11 is 0. The Bertz CT molecular complexity index is 179. The number of hydrogen-bond acceptors (Lipinski definition) is 4. The van der Waals surface area contributed by atoms with Crippen molar-refractivity contribution < 1.29 is 14.3 Å². The van der Waals surface area contributed by atoms with Crippen LogP contribution in [0.2, 0.25) is 0 Å². The third-order valence-corrected chi connectivity index (χ3v) is 1.25. The van der Waals surface area contributed by atoms with Gasteiger partial charge in [0.15, 0.2) is 6.73 Å². The van der Waals surface area contributed by atoms with Gasteiger partial charge in [-0.15, -0.1) is 0 Å². The normalized spacial score (nSPS) is 15.6. The van der Waals surface area contributed by atoms with Gasteiger partial charge in [0.05, 0.1) is 5.92 Å². The molecule has 1 aliphatic rings. The van der Waals surface area contributed by atoms with E-state index in [0.29, 0.717) is 0 Å². The van der Waals surface area contributed by atoms with Crippen LogP contribution in [0.4, 0.5) is 0 Å². The largest absolute Gasteiger partial charge is 0.441 e. The van der Waals surface area contributed by atoms with Gasteiger partial charge in [0.25, 0.3) is 0 Å². The second-order valence-corrected chi connectivity index (χ2v) is 2.12. The van der Waals surface area contributed by atoms with Crippen LogP contribution in [0.15, 0.2) is 4.99 Å². The number of rotatable bonds is 3. The molecule has 1 rings (SSSR count). The van der Waals surface area contributed by atoms with Crippen molar-refractivity contribution in [1.29, 1.82) is 0 Å². The number of hydrogen-bond donors (Lipinski definition) is 0. The lowest BCUT2D eigenvalue weighted by Crippen LogP contribution is -2.05. The molecule has 4 nitrogen and oxygen atoms in total. The van der Waals surface area contributed by atoms with Gasteiger partial charge in [0.1, 0.15) is 0 Å². The van der Waals surface area contributed by atoms with Crippen LogP contribution >= 0.6 is 0 Å². The van der Waals surface area contributed by atoms with Crippen molar-refractivity contribution in [3.8, 4) is 0 Å². The van der Waals surface area contributed by atoms with E-state index in [-0.39, 0.29) is 18.6 Å². The fourth-order valence-corrected chi connectivity index (χ4v) is 0.559. The molecule has 10 heavy (non-hydrogen) atoms. The molecular formula is C6H7NO3. The molecule has 54 valence electrons. The molecule has 0 saturated heterocycles. The van der Waals surface area contributed by atoms with Gasteiger partial charge in [-0.1, -0.05) is 0 Å². The van der Waals surface area contributed by atoms with Gasteiger partial charge in [0.2, 0.25) is 6.08 Å². The summed E-state index contributed by atoms with van der Waals surface area (Å²) in [5, 5.41) is 0. The van der Waals surface area contributed by atoms with Crippen LogP contribution in [0.3, 0.4) is 0 Å². The minimum absolute atomic E-state index is 0.0712. The van der Waals surface area contributed by atoms with Crippen LogP contribution in [0.1, 0.15) is 12.8 Å². The molecule has 0 aromatic heterocycles. The average Bonchev–Trinajstić information content (AvgIpc) is 2.69. The molecular weight excluding hydrogens is 134 g/mol. The third kappa shape index (κ3) is 1.99. The van der Waals surface area contributed by atoms with Crippen LogP contribution in [-0.2, 0) is 14.3 Å². The Hall–Kier alpha value is -1.15. The highest BCUT2D eigenvalue weighted by molar-refractivity contribution is 5.74. The fraction of sp³-hybridized carbons (Fsp3) is 0.667. The predicted octanol–water partition coefficient (Wildman–Crippen LogP) is 0.233. The minimum Gasteiger partial charge on any atom is -0.441 e. The van der Waals surface area contributed by atoms with Gasteiger partial charge >= 0.3 is 5.97 Å². The maximum Gasteiger partial charge on any atom is 0.310 e. The summed E-state index contributed by atoms with van der Waals surface area (Å²) in [5.41, 5.74) is 0. The number of nitrogens with zero attached hydrogens (tertiary/aromatic N) is 1. The van der Waals surface area contributed by atoms with Crippen molar-refractivity contribution in [1.82, 2.24) is 0 Å². The zero-order valence-corrected chi connectivity index (χ0v) is 5.37. The van der Waals surface area contributed by atoms with Crippen LogP contribution in [0.5, 0.6) is 0 Å². The van der Waals surface area contributed by atoms with Crippen molar-refractivity contribution >= 4 is 12.0 Å². The Kier molecular flexibility index (Phi) is 2.18. The first kappa shape index (κ1) is 6.96. The van der Waals surface area contributed by atoms with Gasteiger partial charge in [-0.3, -0.25) is 4.79 Å². The number of carbonyl (C=O) groups excluding carboxylic acids is 2. The third-order valence-electron chi connectivity index (χ3n) is 1.25. The van der Waals surface area contributed by atoms with Crippen LogP contribution in [-0.4, -0.2) is 18.8 Å². The van der Waals surface area contributed by atoms with E-state index >= 15 is 0 Å². The second kappa shape index (κ2) is 3.13. The van der Waals surface area contributed by atoms with Crippen molar-refractivity contribution in [2.24, 2.45) is 10.9 Å². The van der Waals surface area contributed by atoms with Crippen LogP contribution < -0.4 is 0 Å². The number of ether oxygens (including phenoxy) is 1. The summed E-state index contributed by atoms with van der Waals surface area (Å²) in [5.74, 6) is -0.180. The van der Waals surface area contributed by atoms with Gasteiger partial charge < -0.3 is 4.74 Å². The standard InChI is InChI=1S/C6H7NO3/c8-3-7-4-10-6(9)5-1-2-5/h5H,1-2,4H2. The fourth-order valence-electron chi connectivity index (χ4n) is 0.559. The molecule has 1 fully saturated rings. The summed E-state index contributed by atoms with van der Waals surface area (Å²) < 4.78 is 4.54. The maximum absolute atomic E-state index is 10.7. The molecule has 0 unspecified atom stereocenters. The highest BCUT2D eigenvalue weighted by Gasteiger charge is 2.30. The Morgan fingerprint density at radius 3 is 2.90 bits per heavy atom. The van der Waals surface area contributed by atoms with E-state index in [4.69, 9.17) is 0 Å². The molecule has 0 atom stereocenters. The van der Waals surface area contributed by atoms with Gasteiger partial charge in [-0.25, -0.2) is 4.79 Å². The number of aliphatic imine (C=N–C) groups is 1. The molecule has 0 aromatic carbocycles. The molecule has 0 aliphatic heterocycles. The minimum atomic E-state index is -0.251. The Labute approximate surface area is 57.9 Å². The maximum atomic E-state index is 10.7. The lowest BCUT2D eigenvalue weighted by atomic mass is 10.4. The van der Waals surface area contributed by atoms with Crippen molar-refractivity contribution in [3.63, 3.8) is 0 Å². The van der Waals surface area contributed by atoms with E-state index in [9.17, 15) is 9.59 Å². The predicted molar refractivity (Wildman–Crippen MR) is 31.8 cm³/mol. The highest BCUT2D eigenvalue weighted by Crippen LogP contribution is 2.29. The average molecular weight is 141 g/mol. The SMILES string of the molecule is O=C=NCOC(=O)C1CC1. The smallest absolute Gasteiger partial charge is 0.310 e. The van der Waals surface area contributed by atoms with Gasteiger partial charge in [-0.2, -0.15) is 4.99 Å². The van der Waals surface area contributed by atoms with E-state index in [2.05, 4.69) is 9.73 Å². The Morgan fingerprint density at radius 2 is 2.40 bits per heavy atom. The lowest BCUT2D eigenvalue weighted by Gasteiger charge is -1.95. The second-order valence-electron chi connectivity index (χ2n) is 2.12. The molecule has 0 spiro atoms. The first-order valence-corrected chi connectivity index (χ1v) is 3.05. The zero-order valence-electron chi connectivity index (χ0n) is 5.37. The van der Waals surface area contributed by atoms with E-state index in [0.717, 1.165) is 12.8 Å².